The molecule has 1 aliphatic carbocycles. The Hall–Kier alpha value is -2.09. The van der Waals surface area contributed by atoms with Crippen molar-refractivity contribution in [1.29, 1.82) is 0 Å². The van der Waals surface area contributed by atoms with Gasteiger partial charge in [0.1, 0.15) is 0 Å². The van der Waals surface area contributed by atoms with Gasteiger partial charge >= 0.3 is 11.9 Å². The van der Waals surface area contributed by atoms with Crippen molar-refractivity contribution < 1.29 is 23.9 Å². The largest absolute Gasteiger partial charge is 0.481 e. The number of hydrogen-bond donors (Lipinski definition) is 3. The van der Waals surface area contributed by atoms with Crippen molar-refractivity contribution in [2.45, 2.75) is 26.7 Å². The van der Waals surface area contributed by atoms with E-state index in [0.29, 0.717) is 17.5 Å². The fourth-order valence-electron chi connectivity index (χ4n) is 2.54. The number of carboxylic acids is 1. The predicted molar refractivity (Wildman–Crippen MR) is 84.2 cm³/mol. The molecule has 2 amide bonds. The minimum Gasteiger partial charge on any atom is -0.481 e. The van der Waals surface area contributed by atoms with Gasteiger partial charge in [0.25, 0.3) is 0 Å². The Bertz CT molecular complexity index is 679. The topological polar surface area (TPSA) is 109 Å². The molecule has 7 nitrogen and oxygen atoms in total. The van der Waals surface area contributed by atoms with Crippen LogP contribution in [0.3, 0.4) is 0 Å². The number of rotatable bonds is 3. The quantitative estimate of drug-likeness (QED) is 0.546. The van der Waals surface area contributed by atoms with E-state index in [1.807, 2.05) is 13.8 Å². The number of hydrazine groups is 1. The first kappa shape index (κ1) is 17.3. The van der Waals surface area contributed by atoms with Crippen LogP contribution >= 0.6 is 15.9 Å². The lowest BCUT2D eigenvalue weighted by Gasteiger charge is -2.29. The molecular weight excluding hydrogens is 368 g/mol. The summed E-state index contributed by atoms with van der Waals surface area (Å²) in [6, 6.07) is 3.00. The Morgan fingerprint density at radius 1 is 1.13 bits per heavy atom. The third kappa shape index (κ3) is 4.01. The van der Waals surface area contributed by atoms with Crippen molar-refractivity contribution in [2.75, 3.05) is 0 Å². The molecule has 0 fully saturated rings. The first-order valence-electron chi connectivity index (χ1n) is 7.03. The molecule has 0 unspecified atom stereocenters. The van der Waals surface area contributed by atoms with Gasteiger partial charge in [-0.15, -0.1) is 0 Å². The summed E-state index contributed by atoms with van der Waals surface area (Å²) in [5, 5.41) is 9.31. The van der Waals surface area contributed by atoms with E-state index >= 15 is 0 Å². The Balaban J connectivity index is 2.01. The molecule has 1 aromatic heterocycles. The summed E-state index contributed by atoms with van der Waals surface area (Å²) >= 11 is 3.07. The number of allylic oxidation sites excluding steroid dienone is 2. The van der Waals surface area contributed by atoms with Crippen LogP contribution in [0.5, 0.6) is 0 Å². The minimum atomic E-state index is -1.02. The zero-order valence-corrected chi connectivity index (χ0v) is 14.3. The van der Waals surface area contributed by atoms with E-state index in [1.165, 1.54) is 6.07 Å². The SMILES string of the molecule is CC1=C(C)C[C@@H](C(=O)NNC(=O)c2ccc(Br)o2)[C@H](C(=O)O)C1. The molecular formula is C15H17BrN2O5. The van der Waals surface area contributed by atoms with Gasteiger partial charge in [0.2, 0.25) is 5.91 Å². The van der Waals surface area contributed by atoms with Gasteiger partial charge < -0.3 is 9.52 Å². The maximum absolute atomic E-state index is 12.3. The fraction of sp³-hybridized carbons (Fsp3) is 0.400. The van der Waals surface area contributed by atoms with Gasteiger partial charge in [-0.05, 0) is 54.8 Å². The number of amides is 2. The lowest BCUT2D eigenvalue weighted by Crippen LogP contribution is -2.48. The van der Waals surface area contributed by atoms with Crippen molar-refractivity contribution in [3.05, 3.63) is 33.7 Å². The fourth-order valence-corrected chi connectivity index (χ4v) is 2.84. The number of carbonyl (C=O) groups excluding carboxylic acids is 2. The zero-order valence-electron chi connectivity index (χ0n) is 12.7. The maximum atomic E-state index is 12.3. The number of halogens is 1. The monoisotopic (exact) mass is 384 g/mol. The third-order valence-corrected chi connectivity index (χ3v) is 4.44. The van der Waals surface area contributed by atoms with E-state index in [1.54, 1.807) is 6.07 Å². The summed E-state index contributed by atoms with van der Waals surface area (Å²) in [4.78, 5) is 35.4. The van der Waals surface area contributed by atoms with Crippen molar-refractivity contribution in [3.63, 3.8) is 0 Å². The van der Waals surface area contributed by atoms with Crippen LogP contribution in [0.1, 0.15) is 37.2 Å². The van der Waals surface area contributed by atoms with E-state index in [2.05, 4.69) is 26.8 Å². The second kappa shape index (κ2) is 6.99. The van der Waals surface area contributed by atoms with Gasteiger partial charge in [0.15, 0.2) is 10.4 Å². The zero-order chi connectivity index (χ0) is 17.1. The summed E-state index contributed by atoms with van der Waals surface area (Å²) in [6.07, 6.45) is 0.690. The lowest BCUT2D eigenvalue weighted by atomic mass is 9.76. The first-order chi connectivity index (χ1) is 10.8. The Morgan fingerprint density at radius 3 is 2.26 bits per heavy atom. The van der Waals surface area contributed by atoms with E-state index in [-0.39, 0.29) is 5.76 Å². The van der Waals surface area contributed by atoms with Gasteiger partial charge in [-0.3, -0.25) is 25.2 Å². The molecule has 3 N–H and O–H groups in total. The van der Waals surface area contributed by atoms with Crippen LogP contribution in [-0.4, -0.2) is 22.9 Å². The normalized spacial score (nSPS) is 21.0. The molecule has 2 rings (SSSR count). The van der Waals surface area contributed by atoms with E-state index < -0.39 is 29.6 Å². The second-order valence-corrected chi connectivity index (χ2v) is 6.35. The summed E-state index contributed by atoms with van der Waals surface area (Å²) < 4.78 is 5.46. The van der Waals surface area contributed by atoms with Crippen LogP contribution in [0.4, 0.5) is 0 Å². The van der Waals surface area contributed by atoms with Gasteiger partial charge in [-0.2, -0.15) is 0 Å². The van der Waals surface area contributed by atoms with Crippen molar-refractivity contribution in [1.82, 2.24) is 10.9 Å². The molecule has 124 valence electrons. The van der Waals surface area contributed by atoms with Gasteiger partial charge in [-0.25, -0.2) is 0 Å². The molecule has 8 heteroatoms. The van der Waals surface area contributed by atoms with Crippen LogP contribution in [-0.2, 0) is 9.59 Å². The lowest BCUT2D eigenvalue weighted by molar-refractivity contribution is -0.147. The number of furan rings is 1. The van der Waals surface area contributed by atoms with Gasteiger partial charge in [-0.1, -0.05) is 11.1 Å². The number of hydrogen-bond acceptors (Lipinski definition) is 4. The molecule has 2 atom stereocenters. The summed E-state index contributed by atoms with van der Waals surface area (Å²) in [7, 11) is 0. The van der Waals surface area contributed by atoms with Crippen LogP contribution in [0.15, 0.2) is 32.4 Å². The average molecular weight is 385 g/mol. The first-order valence-corrected chi connectivity index (χ1v) is 7.82. The smallest absolute Gasteiger partial charge is 0.307 e. The Labute approximate surface area is 141 Å². The predicted octanol–water partition coefficient (Wildman–Crippen LogP) is 2.25. The molecule has 0 aromatic carbocycles. The van der Waals surface area contributed by atoms with Crippen LogP contribution in [0, 0.1) is 11.8 Å². The van der Waals surface area contributed by atoms with Crippen LogP contribution < -0.4 is 10.9 Å². The Morgan fingerprint density at radius 2 is 1.74 bits per heavy atom. The highest BCUT2D eigenvalue weighted by atomic mass is 79.9. The number of nitrogens with one attached hydrogen (secondary N) is 2. The standard InChI is InChI=1S/C15H17BrN2O5/c1-7-5-9(10(15(21)22)6-8(7)2)13(19)17-18-14(20)11-3-4-12(16)23-11/h3-4,9-10H,5-6H2,1-2H3,(H,17,19)(H,18,20)(H,21,22)/t9-,10-/m1/s1. The number of aliphatic carboxylic acids is 1. The molecule has 1 aliphatic rings. The molecule has 1 aromatic rings. The minimum absolute atomic E-state index is 0.0301. The molecule has 0 bridgehead atoms. The summed E-state index contributed by atoms with van der Waals surface area (Å²) in [6.45, 7) is 3.75. The average Bonchev–Trinajstić information content (AvgIpc) is 2.93. The van der Waals surface area contributed by atoms with Crippen LogP contribution in [0.2, 0.25) is 0 Å². The van der Waals surface area contributed by atoms with Crippen molar-refractivity contribution >= 4 is 33.7 Å². The van der Waals surface area contributed by atoms with Crippen LogP contribution in [0.25, 0.3) is 0 Å². The highest BCUT2D eigenvalue weighted by Crippen LogP contribution is 2.34. The molecule has 0 aliphatic heterocycles. The van der Waals surface area contributed by atoms with Crippen molar-refractivity contribution in [3.8, 4) is 0 Å². The van der Waals surface area contributed by atoms with E-state index in [4.69, 9.17) is 4.42 Å². The number of carbonyl (C=O) groups is 3. The van der Waals surface area contributed by atoms with Crippen molar-refractivity contribution in [2.24, 2.45) is 11.8 Å². The Kier molecular flexibility index (Phi) is 5.25. The molecule has 23 heavy (non-hydrogen) atoms. The summed E-state index contributed by atoms with van der Waals surface area (Å²) in [5.41, 5.74) is 6.51. The maximum Gasteiger partial charge on any atom is 0.307 e. The van der Waals surface area contributed by atoms with E-state index in [0.717, 1.165) is 11.1 Å². The third-order valence-electron chi connectivity index (χ3n) is 4.02. The molecule has 0 spiro atoms. The molecule has 0 saturated carbocycles. The highest BCUT2D eigenvalue weighted by molar-refractivity contribution is 9.10. The van der Waals surface area contributed by atoms with Gasteiger partial charge in [0.05, 0.1) is 11.8 Å². The summed E-state index contributed by atoms with van der Waals surface area (Å²) in [5.74, 6) is -3.65. The second-order valence-electron chi connectivity index (χ2n) is 5.57. The number of carboxylic acid groups (broad SMARTS) is 1. The van der Waals surface area contributed by atoms with E-state index in [9.17, 15) is 19.5 Å². The molecule has 1 heterocycles. The molecule has 0 saturated heterocycles. The molecule has 0 radical (unpaired) electrons. The highest BCUT2D eigenvalue weighted by Gasteiger charge is 2.37. The van der Waals surface area contributed by atoms with Gasteiger partial charge in [0, 0.05) is 0 Å².